The Labute approximate surface area is 117 Å². The van der Waals surface area contributed by atoms with Crippen LogP contribution in [0.25, 0.3) is 0 Å². The maximum atomic E-state index is 11.9. The first-order valence-electron chi connectivity index (χ1n) is 6.26. The van der Waals surface area contributed by atoms with Crippen LogP contribution in [0.2, 0.25) is 0 Å². The lowest BCUT2D eigenvalue weighted by Gasteiger charge is -2.09. The highest BCUT2D eigenvalue weighted by molar-refractivity contribution is 7.91. The summed E-state index contributed by atoms with van der Waals surface area (Å²) in [5.41, 5.74) is 5.86. The lowest BCUT2D eigenvalue weighted by atomic mass is 10.1. The second-order valence-corrected chi connectivity index (χ2v) is 7.15. The topological polar surface area (TPSA) is 106 Å². The van der Waals surface area contributed by atoms with Gasteiger partial charge in [0.1, 0.15) is 0 Å². The van der Waals surface area contributed by atoms with Gasteiger partial charge in [0, 0.05) is 17.7 Å². The summed E-state index contributed by atoms with van der Waals surface area (Å²) in [7, 11) is -2.93. The number of primary amides is 1. The van der Waals surface area contributed by atoms with Gasteiger partial charge in [-0.2, -0.15) is 0 Å². The minimum absolute atomic E-state index is 0.0196. The average molecular weight is 296 g/mol. The normalized spacial score (nSPS) is 20.5. The third kappa shape index (κ3) is 3.57. The molecule has 0 aliphatic carbocycles. The zero-order valence-corrected chi connectivity index (χ0v) is 11.7. The number of nitrogens with two attached hydrogens (primary N) is 1. The van der Waals surface area contributed by atoms with Gasteiger partial charge in [-0.3, -0.25) is 9.59 Å². The van der Waals surface area contributed by atoms with E-state index in [4.69, 9.17) is 5.73 Å². The molecule has 1 heterocycles. The lowest BCUT2D eigenvalue weighted by molar-refractivity contribution is 0.0946. The summed E-state index contributed by atoms with van der Waals surface area (Å²) in [4.78, 5) is 22.8. The van der Waals surface area contributed by atoms with Crippen molar-refractivity contribution in [2.75, 3.05) is 18.1 Å². The number of hydrogen-bond acceptors (Lipinski definition) is 4. The fourth-order valence-corrected chi connectivity index (χ4v) is 4.02. The molecule has 0 spiro atoms. The number of nitrogens with one attached hydrogen (secondary N) is 1. The van der Waals surface area contributed by atoms with E-state index in [0.29, 0.717) is 24.1 Å². The molecule has 20 heavy (non-hydrogen) atoms. The SMILES string of the molecule is NC(=O)c1ccc(C(=O)NCC2CCS(=O)(=O)C2)cc1. The summed E-state index contributed by atoms with van der Waals surface area (Å²) >= 11 is 0. The number of benzene rings is 1. The Bertz CT molecular complexity index is 622. The Kier molecular flexibility index (Phi) is 4.08. The number of carbonyl (C=O) groups excluding carboxylic acids is 2. The van der Waals surface area contributed by atoms with Gasteiger partial charge >= 0.3 is 0 Å². The van der Waals surface area contributed by atoms with Gasteiger partial charge in [-0.05, 0) is 36.6 Å². The van der Waals surface area contributed by atoms with Gasteiger partial charge in [0.2, 0.25) is 5.91 Å². The van der Waals surface area contributed by atoms with Gasteiger partial charge < -0.3 is 11.1 Å². The molecule has 1 unspecified atom stereocenters. The molecule has 2 amide bonds. The van der Waals surface area contributed by atoms with Gasteiger partial charge in [-0.1, -0.05) is 0 Å². The van der Waals surface area contributed by atoms with Crippen LogP contribution in [0.3, 0.4) is 0 Å². The van der Waals surface area contributed by atoms with Crippen LogP contribution >= 0.6 is 0 Å². The van der Waals surface area contributed by atoms with Crippen molar-refractivity contribution >= 4 is 21.7 Å². The van der Waals surface area contributed by atoms with Gasteiger partial charge in [-0.15, -0.1) is 0 Å². The molecule has 1 saturated heterocycles. The maximum absolute atomic E-state index is 11.9. The number of hydrogen-bond donors (Lipinski definition) is 2. The number of carbonyl (C=O) groups is 2. The molecule has 1 aromatic rings. The first-order valence-corrected chi connectivity index (χ1v) is 8.08. The Hall–Kier alpha value is -1.89. The number of sulfone groups is 1. The molecule has 0 aromatic heterocycles. The fourth-order valence-electron chi connectivity index (χ4n) is 2.16. The molecule has 1 aliphatic rings. The minimum Gasteiger partial charge on any atom is -0.366 e. The quantitative estimate of drug-likeness (QED) is 0.812. The van der Waals surface area contributed by atoms with Crippen LogP contribution in [0.15, 0.2) is 24.3 Å². The number of rotatable bonds is 4. The van der Waals surface area contributed by atoms with E-state index >= 15 is 0 Å². The molecule has 2 rings (SSSR count). The highest BCUT2D eigenvalue weighted by Crippen LogP contribution is 2.17. The Morgan fingerprint density at radius 1 is 1.20 bits per heavy atom. The molecule has 7 heteroatoms. The average Bonchev–Trinajstić information content (AvgIpc) is 2.75. The number of amides is 2. The van der Waals surface area contributed by atoms with Crippen LogP contribution in [-0.4, -0.2) is 38.3 Å². The molecular weight excluding hydrogens is 280 g/mol. The molecular formula is C13H16N2O4S. The van der Waals surface area contributed by atoms with Crippen LogP contribution in [-0.2, 0) is 9.84 Å². The van der Waals surface area contributed by atoms with Crippen LogP contribution in [0.1, 0.15) is 27.1 Å². The Morgan fingerprint density at radius 2 is 1.80 bits per heavy atom. The van der Waals surface area contributed by atoms with E-state index in [9.17, 15) is 18.0 Å². The summed E-state index contributed by atoms with van der Waals surface area (Å²) < 4.78 is 22.6. The van der Waals surface area contributed by atoms with Crippen LogP contribution in [0.4, 0.5) is 0 Å². The van der Waals surface area contributed by atoms with Gasteiger partial charge in [-0.25, -0.2) is 8.42 Å². The van der Waals surface area contributed by atoms with E-state index < -0.39 is 15.7 Å². The van der Waals surface area contributed by atoms with E-state index in [1.54, 1.807) is 0 Å². The minimum atomic E-state index is -2.93. The molecule has 0 radical (unpaired) electrons. The first kappa shape index (κ1) is 14.5. The van der Waals surface area contributed by atoms with E-state index in [1.165, 1.54) is 24.3 Å². The predicted molar refractivity (Wildman–Crippen MR) is 74.1 cm³/mol. The van der Waals surface area contributed by atoms with E-state index in [2.05, 4.69) is 5.32 Å². The Morgan fingerprint density at radius 3 is 2.30 bits per heavy atom. The van der Waals surface area contributed by atoms with Crippen molar-refractivity contribution in [3.8, 4) is 0 Å². The Balaban J connectivity index is 1.90. The van der Waals surface area contributed by atoms with Crippen molar-refractivity contribution in [1.82, 2.24) is 5.32 Å². The first-order chi connectivity index (χ1) is 9.37. The maximum Gasteiger partial charge on any atom is 0.251 e. The summed E-state index contributed by atoms with van der Waals surface area (Å²) in [5, 5.41) is 2.71. The molecule has 1 fully saturated rings. The third-order valence-corrected chi connectivity index (χ3v) is 5.15. The van der Waals surface area contributed by atoms with Crippen molar-refractivity contribution in [3.63, 3.8) is 0 Å². The molecule has 6 nitrogen and oxygen atoms in total. The molecule has 3 N–H and O–H groups in total. The molecule has 0 saturated carbocycles. The molecule has 1 aliphatic heterocycles. The fraction of sp³-hybridized carbons (Fsp3) is 0.385. The van der Waals surface area contributed by atoms with Crippen molar-refractivity contribution in [2.24, 2.45) is 11.7 Å². The zero-order valence-electron chi connectivity index (χ0n) is 10.8. The smallest absolute Gasteiger partial charge is 0.251 e. The van der Waals surface area contributed by atoms with Crippen molar-refractivity contribution in [2.45, 2.75) is 6.42 Å². The summed E-state index contributed by atoms with van der Waals surface area (Å²) in [6, 6.07) is 6.00. The predicted octanol–water partition coefficient (Wildman–Crippen LogP) is -0.0500. The van der Waals surface area contributed by atoms with Crippen molar-refractivity contribution in [1.29, 1.82) is 0 Å². The van der Waals surface area contributed by atoms with Gasteiger partial charge in [0.05, 0.1) is 11.5 Å². The van der Waals surface area contributed by atoms with Crippen molar-refractivity contribution in [3.05, 3.63) is 35.4 Å². The molecule has 1 atom stereocenters. The van der Waals surface area contributed by atoms with Crippen molar-refractivity contribution < 1.29 is 18.0 Å². The molecule has 108 valence electrons. The lowest BCUT2D eigenvalue weighted by Crippen LogP contribution is -2.29. The summed E-state index contributed by atoms with van der Waals surface area (Å²) in [6.07, 6.45) is 0.587. The second-order valence-electron chi connectivity index (χ2n) is 4.92. The standard InChI is InChI=1S/C13H16N2O4S/c14-12(16)10-1-3-11(4-2-10)13(17)15-7-9-5-6-20(18,19)8-9/h1-4,9H,5-8H2,(H2,14,16)(H,15,17). The largest absolute Gasteiger partial charge is 0.366 e. The molecule has 0 bridgehead atoms. The zero-order chi connectivity index (χ0) is 14.8. The van der Waals surface area contributed by atoms with Gasteiger partial charge in [0.15, 0.2) is 9.84 Å². The van der Waals surface area contributed by atoms with Crippen LogP contribution in [0.5, 0.6) is 0 Å². The second kappa shape index (κ2) is 5.62. The van der Waals surface area contributed by atoms with E-state index in [-0.39, 0.29) is 23.3 Å². The highest BCUT2D eigenvalue weighted by Gasteiger charge is 2.27. The summed E-state index contributed by atoms with van der Waals surface area (Å²) in [6.45, 7) is 0.343. The summed E-state index contributed by atoms with van der Waals surface area (Å²) in [5.74, 6) is -0.526. The van der Waals surface area contributed by atoms with E-state index in [0.717, 1.165) is 0 Å². The third-order valence-electron chi connectivity index (χ3n) is 3.31. The van der Waals surface area contributed by atoms with E-state index in [1.807, 2.05) is 0 Å². The van der Waals surface area contributed by atoms with Gasteiger partial charge in [0.25, 0.3) is 5.91 Å². The monoisotopic (exact) mass is 296 g/mol. The van der Waals surface area contributed by atoms with Crippen LogP contribution < -0.4 is 11.1 Å². The highest BCUT2D eigenvalue weighted by atomic mass is 32.2. The molecule has 1 aromatic carbocycles. The van der Waals surface area contributed by atoms with Crippen LogP contribution in [0, 0.1) is 5.92 Å².